The van der Waals surface area contributed by atoms with Crippen LogP contribution in [0.1, 0.15) is 32.1 Å². The van der Waals surface area contributed by atoms with E-state index in [9.17, 15) is 0 Å². The van der Waals surface area contributed by atoms with Crippen LogP contribution >= 0.6 is 11.8 Å². The molecule has 0 amide bonds. The highest BCUT2D eigenvalue weighted by Crippen LogP contribution is 2.45. The monoisotopic (exact) mass is 296 g/mol. The molecule has 4 fully saturated rings. The quantitative estimate of drug-likeness (QED) is 0.810. The highest BCUT2D eigenvalue weighted by atomic mass is 32.2. The summed E-state index contributed by atoms with van der Waals surface area (Å²) in [6.07, 6.45) is 7.29. The van der Waals surface area contributed by atoms with Gasteiger partial charge < -0.3 is 10.1 Å². The fourth-order valence-corrected chi connectivity index (χ4v) is 5.55. The minimum absolute atomic E-state index is 0.427. The predicted molar refractivity (Wildman–Crippen MR) is 84.3 cm³/mol. The summed E-state index contributed by atoms with van der Waals surface area (Å²) >= 11 is 2.15. The Hall–Kier alpha value is 0.230. The van der Waals surface area contributed by atoms with Gasteiger partial charge in [0.05, 0.1) is 13.2 Å². The van der Waals surface area contributed by atoms with Gasteiger partial charge in [0.2, 0.25) is 0 Å². The number of ether oxygens (including phenoxy) is 1. The maximum atomic E-state index is 5.56. The van der Waals surface area contributed by atoms with Gasteiger partial charge in [0.25, 0.3) is 0 Å². The second-order valence-corrected chi connectivity index (χ2v) is 8.31. The Morgan fingerprint density at radius 1 is 1.15 bits per heavy atom. The summed E-state index contributed by atoms with van der Waals surface area (Å²) in [5.41, 5.74) is 0.427. The minimum atomic E-state index is 0.427. The van der Waals surface area contributed by atoms with Crippen LogP contribution in [0, 0.1) is 11.8 Å². The number of nitrogens with zero attached hydrogens (tertiary/aromatic N) is 1. The lowest BCUT2D eigenvalue weighted by molar-refractivity contribution is -0.0145. The smallest absolute Gasteiger partial charge is 0.0594 e. The normalized spacial score (nSPS) is 35.9. The molecule has 2 aliphatic carbocycles. The summed E-state index contributed by atoms with van der Waals surface area (Å²) in [5.74, 6) is 4.69. The third kappa shape index (κ3) is 2.90. The van der Waals surface area contributed by atoms with Crippen LogP contribution in [0.2, 0.25) is 0 Å². The molecule has 0 unspecified atom stereocenters. The second kappa shape index (κ2) is 5.79. The van der Waals surface area contributed by atoms with Gasteiger partial charge in [0, 0.05) is 37.0 Å². The van der Waals surface area contributed by atoms with E-state index in [1.165, 1.54) is 50.2 Å². The molecule has 20 heavy (non-hydrogen) atoms. The van der Waals surface area contributed by atoms with Crippen molar-refractivity contribution in [2.24, 2.45) is 11.8 Å². The van der Waals surface area contributed by atoms with E-state index < -0.39 is 0 Å². The van der Waals surface area contributed by atoms with Crippen molar-refractivity contribution >= 4 is 11.8 Å². The lowest BCUT2D eigenvalue weighted by Gasteiger charge is -2.44. The second-order valence-electron chi connectivity index (χ2n) is 7.21. The topological polar surface area (TPSA) is 24.5 Å². The molecule has 2 heterocycles. The molecule has 4 heteroatoms. The number of thioether (sulfide) groups is 1. The number of morpholine rings is 1. The molecule has 0 aromatic carbocycles. The lowest BCUT2D eigenvalue weighted by atomic mass is 9.94. The maximum absolute atomic E-state index is 5.56. The van der Waals surface area contributed by atoms with Gasteiger partial charge in [-0.05, 0) is 49.7 Å². The highest BCUT2D eigenvalue weighted by Gasteiger charge is 2.45. The molecule has 0 radical (unpaired) electrons. The fourth-order valence-electron chi connectivity index (χ4n) is 4.07. The van der Waals surface area contributed by atoms with Gasteiger partial charge in [-0.3, -0.25) is 4.90 Å². The molecule has 0 aromatic heterocycles. The van der Waals surface area contributed by atoms with Gasteiger partial charge in [-0.1, -0.05) is 0 Å². The van der Waals surface area contributed by atoms with Crippen molar-refractivity contribution in [2.75, 3.05) is 44.4 Å². The first-order valence-corrected chi connectivity index (χ1v) is 9.67. The number of nitrogens with one attached hydrogen (secondary N) is 1. The Labute approximate surface area is 127 Å². The molecule has 114 valence electrons. The van der Waals surface area contributed by atoms with Crippen LogP contribution in [-0.4, -0.2) is 60.8 Å². The van der Waals surface area contributed by atoms with Gasteiger partial charge in [0.15, 0.2) is 0 Å². The minimum Gasteiger partial charge on any atom is -0.379 e. The Bertz CT molecular complexity index is 319. The molecule has 0 spiro atoms. The first kappa shape index (κ1) is 13.9. The Balaban J connectivity index is 1.39. The molecule has 3 nitrogen and oxygen atoms in total. The third-order valence-electron chi connectivity index (χ3n) is 5.69. The van der Waals surface area contributed by atoms with Crippen molar-refractivity contribution in [3.05, 3.63) is 0 Å². The molecule has 2 saturated heterocycles. The molecule has 0 bridgehead atoms. The average molecular weight is 296 g/mol. The molecule has 2 aliphatic heterocycles. The van der Waals surface area contributed by atoms with E-state index in [0.29, 0.717) is 5.54 Å². The van der Waals surface area contributed by atoms with E-state index in [1.807, 2.05) is 0 Å². The summed E-state index contributed by atoms with van der Waals surface area (Å²) < 4.78 is 5.56. The summed E-state index contributed by atoms with van der Waals surface area (Å²) in [5, 5.41) is 4.03. The van der Waals surface area contributed by atoms with Crippen molar-refractivity contribution in [3.63, 3.8) is 0 Å². The van der Waals surface area contributed by atoms with Gasteiger partial charge in [0.1, 0.15) is 0 Å². The van der Waals surface area contributed by atoms with Crippen molar-refractivity contribution in [1.82, 2.24) is 10.2 Å². The fraction of sp³-hybridized carbons (Fsp3) is 1.00. The highest BCUT2D eigenvalue weighted by molar-refractivity contribution is 7.99. The number of hydrogen-bond donors (Lipinski definition) is 1. The molecule has 2 saturated carbocycles. The summed E-state index contributed by atoms with van der Waals surface area (Å²) in [6, 6.07) is 0.846. The predicted octanol–water partition coefficient (Wildman–Crippen LogP) is 1.97. The van der Waals surface area contributed by atoms with Gasteiger partial charge >= 0.3 is 0 Å². The molecule has 0 aromatic rings. The average Bonchev–Trinajstić information content (AvgIpc) is 3.42. The number of hydrogen-bond acceptors (Lipinski definition) is 4. The van der Waals surface area contributed by atoms with Crippen LogP contribution in [0.3, 0.4) is 0 Å². The zero-order valence-corrected chi connectivity index (χ0v) is 13.3. The summed E-state index contributed by atoms with van der Waals surface area (Å²) in [7, 11) is 0. The van der Waals surface area contributed by atoms with E-state index in [4.69, 9.17) is 4.74 Å². The van der Waals surface area contributed by atoms with Crippen LogP contribution in [0.25, 0.3) is 0 Å². The zero-order valence-electron chi connectivity index (χ0n) is 12.5. The lowest BCUT2D eigenvalue weighted by Crippen LogP contribution is -2.59. The van der Waals surface area contributed by atoms with Crippen molar-refractivity contribution in [2.45, 2.75) is 43.7 Å². The van der Waals surface area contributed by atoms with Gasteiger partial charge in [-0.15, -0.1) is 0 Å². The Morgan fingerprint density at radius 2 is 1.85 bits per heavy atom. The maximum Gasteiger partial charge on any atom is 0.0594 e. The summed E-state index contributed by atoms with van der Waals surface area (Å²) in [6.45, 7) is 5.36. The van der Waals surface area contributed by atoms with Crippen molar-refractivity contribution < 1.29 is 4.74 Å². The Morgan fingerprint density at radius 3 is 2.40 bits per heavy atom. The van der Waals surface area contributed by atoms with Crippen LogP contribution in [0.5, 0.6) is 0 Å². The molecule has 4 aliphatic rings. The van der Waals surface area contributed by atoms with E-state index in [1.54, 1.807) is 0 Å². The van der Waals surface area contributed by atoms with Crippen LogP contribution in [-0.2, 0) is 4.74 Å². The Kier molecular flexibility index (Phi) is 4.01. The van der Waals surface area contributed by atoms with E-state index >= 15 is 0 Å². The largest absolute Gasteiger partial charge is 0.379 e. The SMILES string of the molecule is C1CN([C@]2(CNC(C3CC3)C3CC3)CCSC2)CCO1. The first-order valence-electron chi connectivity index (χ1n) is 8.51. The van der Waals surface area contributed by atoms with Gasteiger partial charge in [-0.2, -0.15) is 11.8 Å². The third-order valence-corrected chi connectivity index (χ3v) is 6.93. The summed E-state index contributed by atoms with van der Waals surface area (Å²) in [4.78, 5) is 2.74. The van der Waals surface area contributed by atoms with E-state index in [2.05, 4.69) is 22.0 Å². The van der Waals surface area contributed by atoms with Crippen LogP contribution in [0.15, 0.2) is 0 Å². The molecular formula is C16H28N2OS. The first-order chi connectivity index (χ1) is 9.87. The molecular weight excluding hydrogens is 268 g/mol. The van der Waals surface area contributed by atoms with Crippen molar-refractivity contribution in [3.8, 4) is 0 Å². The van der Waals surface area contributed by atoms with Crippen LogP contribution < -0.4 is 5.32 Å². The standard InChI is InChI=1S/C16H28N2OS/c1-2-13(1)15(14-3-4-14)17-11-16(5-10-20-12-16)18-6-8-19-9-7-18/h13-15,17H,1-12H2/t16-/m0/s1. The van der Waals surface area contributed by atoms with E-state index in [-0.39, 0.29) is 0 Å². The molecule has 4 rings (SSSR count). The number of rotatable bonds is 6. The molecule has 1 N–H and O–H groups in total. The van der Waals surface area contributed by atoms with E-state index in [0.717, 1.165) is 44.2 Å². The van der Waals surface area contributed by atoms with Gasteiger partial charge in [-0.25, -0.2) is 0 Å². The van der Waals surface area contributed by atoms with Crippen LogP contribution in [0.4, 0.5) is 0 Å². The van der Waals surface area contributed by atoms with Crippen molar-refractivity contribution in [1.29, 1.82) is 0 Å². The zero-order chi connectivity index (χ0) is 13.4. The molecule has 1 atom stereocenters.